The van der Waals surface area contributed by atoms with Crippen LogP contribution in [-0.2, 0) is 0 Å². The first-order valence-corrected chi connectivity index (χ1v) is 6.23. The second-order valence-electron chi connectivity index (χ2n) is 3.96. The lowest BCUT2D eigenvalue weighted by Crippen LogP contribution is -1.90. The molecule has 2 aromatic carbocycles. The topological polar surface area (TPSA) is 0 Å². The first kappa shape index (κ1) is 10.6. The summed E-state index contributed by atoms with van der Waals surface area (Å²) in [6.45, 7) is 2.24. The molecule has 0 saturated carbocycles. The van der Waals surface area contributed by atoms with Crippen molar-refractivity contribution < 1.29 is 0 Å². The van der Waals surface area contributed by atoms with Gasteiger partial charge in [-0.2, -0.15) is 0 Å². The zero-order chi connectivity index (χ0) is 10.7. The van der Waals surface area contributed by atoms with Gasteiger partial charge >= 0.3 is 0 Å². The van der Waals surface area contributed by atoms with Crippen molar-refractivity contribution in [2.45, 2.75) is 25.4 Å². The lowest BCUT2D eigenvalue weighted by atomic mass is 10.00. The molecule has 0 aliphatic carbocycles. The Morgan fingerprint density at radius 1 is 1.07 bits per heavy atom. The van der Waals surface area contributed by atoms with Gasteiger partial charge in [-0.25, -0.2) is 0 Å². The van der Waals surface area contributed by atoms with E-state index in [4.69, 9.17) is 0 Å². The van der Waals surface area contributed by atoms with Crippen molar-refractivity contribution in [3.8, 4) is 0 Å². The summed E-state index contributed by atoms with van der Waals surface area (Å²) in [5, 5.41) is 2.74. The maximum absolute atomic E-state index is 2.97. The minimum atomic E-state index is 0.584. The molecule has 1 heteroatoms. The van der Waals surface area contributed by atoms with Crippen LogP contribution in [0.1, 0.15) is 31.0 Å². The average Bonchev–Trinajstić information content (AvgIpc) is 2.28. The van der Waals surface area contributed by atoms with E-state index < -0.39 is 0 Å². The van der Waals surface area contributed by atoms with Gasteiger partial charge in [-0.15, -0.1) is 9.24 Å². The van der Waals surface area contributed by atoms with Gasteiger partial charge in [-0.1, -0.05) is 55.8 Å². The highest BCUT2D eigenvalue weighted by molar-refractivity contribution is 7.17. The smallest absolute Gasteiger partial charge is 0.000853 e. The molecule has 0 fully saturated rings. The normalized spacial score (nSPS) is 12.9. The highest BCUT2D eigenvalue weighted by atomic mass is 31.0. The van der Waals surface area contributed by atoms with Crippen LogP contribution in [0.2, 0.25) is 0 Å². The van der Waals surface area contributed by atoms with E-state index in [9.17, 15) is 0 Å². The number of benzene rings is 2. The fourth-order valence-corrected chi connectivity index (χ4v) is 2.66. The Hall–Kier alpha value is -0.870. The molecule has 78 valence electrons. The molecule has 0 N–H and O–H groups in total. The summed E-state index contributed by atoms with van der Waals surface area (Å²) in [5.74, 6) is 0. The van der Waals surface area contributed by atoms with Crippen LogP contribution in [0, 0.1) is 0 Å². The summed E-state index contributed by atoms with van der Waals surface area (Å²) in [6.07, 6.45) is 2.47. The molecular formula is C14H17P. The molecule has 2 unspecified atom stereocenters. The molecule has 0 saturated heterocycles. The number of hydrogen-bond acceptors (Lipinski definition) is 0. The SMILES string of the molecule is CCCC(P)c1cccc2ccccc12. The quantitative estimate of drug-likeness (QED) is 0.660. The van der Waals surface area contributed by atoms with Gasteiger partial charge in [0.1, 0.15) is 0 Å². The lowest BCUT2D eigenvalue weighted by molar-refractivity contribution is 0.783. The predicted molar refractivity (Wildman–Crippen MR) is 71.3 cm³/mol. The average molecular weight is 216 g/mol. The van der Waals surface area contributed by atoms with Gasteiger partial charge in [0.2, 0.25) is 0 Å². The zero-order valence-electron chi connectivity index (χ0n) is 9.11. The summed E-state index contributed by atoms with van der Waals surface area (Å²) in [7, 11) is 2.97. The highest BCUT2D eigenvalue weighted by Gasteiger charge is 2.07. The Morgan fingerprint density at radius 3 is 2.60 bits per heavy atom. The Balaban J connectivity index is 2.50. The minimum absolute atomic E-state index is 0.584. The van der Waals surface area contributed by atoms with Crippen LogP contribution >= 0.6 is 9.24 Å². The Kier molecular flexibility index (Phi) is 3.38. The summed E-state index contributed by atoms with van der Waals surface area (Å²) in [5.41, 5.74) is 2.04. The molecule has 2 aromatic rings. The summed E-state index contributed by atoms with van der Waals surface area (Å²) in [4.78, 5) is 0. The Labute approximate surface area is 93.9 Å². The zero-order valence-corrected chi connectivity index (χ0v) is 10.3. The van der Waals surface area contributed by atoms with Gasteiger partial charge in [0, 0.05) is 0 Å². The van der Waals surface area contributed by atoms with Crippen molar-refractivity contribution in [1.82, 2.24) is 0 Å². The summed E-state index contributed by atoms with van der Waals surface area (Å²) < 4.78 is 0. The van der Waals surface area contributed by atoms with Crippen LogP contribution in [0.5, 0.6) is 0 Å². The largest absolute Gasteiger partial charge is 0.130 e. The third kappa shape index (κ3) is 2.21. The molecule has 0 aliphatic heterocycles. The Bertz CT molecular complexity index is 443. The van der Waals surface area contributed by atoms with E-state index in [0.29, 0.717) is 5.66 Å². The summed E-state index contributed by atoms with van der Waals surface area (Å²) in [6, 6.07) is 15.2. The number of hydrogen-bond donors (Lipinski definition) is 0. The van der Waals surface area contributed by atoms with Crippen LogP contribution in [0.3, 0.4) is 0 Å². The third-order valence-corrected chi connectivity index (χ3v) is 3.51. The van der Waals surface area contributed by atoms with Crippen molar-refractivity contribution in [3.63, 3.8) is 0 Å². The first-order chi connectivity index (χ1) is 7.33. The van der Waals surface area contributed by atoms with Crippen LogP contribution < -0.4 is 0 Å². The predicted octanol–water partition coefficient (Wildman–Crippen LogP) is 4.56. The lowest BCUT2D eigenvalue weighted by Gasteiger charge is -2.13. The minimum Gasteiger partial charge on any atom is -0.130 e. The van der Waals surface area contributed by atoms with E-state index in [0.717, 1.165) is 0 Å². The van der Waals surface area contributed by atoms with Gasteiger partial charge in [0.25, 0.3) is 0 Å². The van der Waals surface area contributed by atoms with E-state index in [1.807, 2.05) is 0 Å². The molecule has 0 radical (unpaired) electrons. The highest BCUT2D eigenvalue weighted by Crippen LogP contribution is 2.33. The van der Waals surface area contributed by atoms with Crippen LogP contribution in [0.15, 0.2) is 42.5 Å². The Morgan fingerprint density at radius 2 is 1.80 bits per heavy atom. The van der Waals surface area contributed by atoms with Crippen molar-refractivity contribution in [2.24, 2.45) is 0 Å². The molecule has 0 nitrogen and oxygen atoms in total. The molecule has 2 atom stereocenters. The summed E-state index contributed by atoms with van der Waals surface area (Å²) >= 11 is 0. The molecule has 2 rings (SSSR count). The number of fused-ring (bicyclic) bond motifs is 1. The first-order valence-electron chi connectivity index (χ1n) is 5.56. The van der Waals surface area contributed by atoms with Crippen molar-refractivity contribution in [1.29, 1.82) is 0 Å². The van der Waals surface area contributed by atoms with Crippen molar-refractivity contribution in [2.75, 3.05) is 0 Å². The van der Waals surface area contributed by atoms with Crippen LogP contribution in [0.25, 0.3) is 10.8 Å². The maximum Gasteiger partial charge on any atom is -0.000853 e. The van der Waals surface area contributed by atoms with Gasteiger partial charge in [0.15, 0.2) is 0 Å². The van der Waals surface area contributed by atoms with Crippen molar-refractivity contribution >= 4 is 20.0 Å². The van der Waals surface area contributed by atoms with Gasteiger partial charge in [-0.3, -0.25) is 0 Å². The van der Waals surface area contributed by atoms with Gasteiger partial charge < -0.3 is 0 Å². The van der Waals surface area contributed by atoms with Gasteiger partial charge in [0.05, 0.1) is 0 Å². The standard InChI is InChI=1S/C14H17P/c1-2-6-14(15)13-10-5-8-11-7-3-4-9-12(11)13/h3-5,7-10,14H,2,6,15H2,1H3. The molecule has 0 bridgehead atoms. The second-order valence-corrected chi connectivity index (χ2v) is 4.77. The third-order valence-electron chi connectivity index (χ3n) is 2.82. The molecule has 0 spiro atoms. The van der Waals surface area contributed by atoms with E-state index in [1.54, 1.807) is 0 Å². The molecule has 0 heterocycles. The molecule has 15 heavy (non-hydrogen) atoms. The van der Waals surface area contributed by atoms with Crippen molar-refractivity contribution in [3.05, 3.63) is 48.0 Å². The fourth-order valence-electron chi connectivity index (χ4n) is 2.04. The number of rotatable bonds is 3. The van der Waals surface area contributed by atoms with E-state index in [-0.39, 0.29) is 0 Å². The monoisotopic (exact) mass is 216 g/mol. The van der Waals surface area contributed by atoms with E-state index in [2.05, 4.69) is 58.6 Å². The molecular weight excluding hydrogens is 199 g/mol. The van der Waals surface area contributed by atoms with E-state index in [1.165, 1.54) is 29.2 Å². The fraction of sp³-hybridized carbons (Fsp3) is 0.286. The maximum atomic E-state index is 2.97. The molecule has 0 aliphatic rings. The van der Waals surface area contributed by atoms with E-state index >= 15 is 0 Å². The molecule has 0 amide bonds. The second kappa shape index (κ2) is 4.77. The van der Waals surface area contributed by atoms with Gasteiger partial charge in [-0.05, 0) is 28.4 Å². The van der Waals surface area contributed by atoms with Crippen LogP contribution in [0.4, 0.5) is 0 Å². The van der Waals surface area contributed by atoms with Crippen LogP contribution in [-0.4, -0.2) is 0 Å². The molecule has 0 aromatic heterocycles.